The molecule has 0 aliphatic heterocycles. The van der Waals surface area contributed by atoms with E-state index < -0.39 is 4.92 Å². The molecular formula is C19H13N5O2S. The van der Waals surface area contributed by atoms with Crippen molar-refractivity contribution >= 4 is 29.0 Å². The van der Waals surface area contributed by atoms with Crippen LogP contribution < -0.4 is 5.73 Å². The lowest BCUT2D eigenvalue weighted by Gasteiger charge is -2.01. The summed E-state index contributed by atoms with van der Waals surface area (Å²) in [5.74, 6) is 0. The van der Waals surface area contributed by atoms with Crippen LogP contribution in [-0.4, -0.2) is 19.7 Å². The molecule has 0 fully saturated rings. The lowest BCUT2D eigenvalue weighted by atomic mass is 10.1. The zero-order chi connectivity index (χ0) is 19.4. The molecule has 0 aliphatic carbocycles. The van der Waals surface area contributed by atoms with E-state index in [1.165, 1.54) is 18.2 Å². The van der Waals surface area contributed by atoms with Crippen molar-refractivity contribution < 1.29 is 4.92 Å². The zero-order valence-electron chi connectivity index (χ0n) is 13.9. The molecule has 0 aliphatic rings. The summed E-state index contributed by atoms with van der Waals surface area (Å²) in [6, 6.07) is 17.5. The molecule has 0 unspecified atom stereocenters. The van der Waals surface area contributed by atoms with Gasteiger partial charge in [-0.3, -0.25) is 10.1 Å². The molecule has 1 heterocycles. The topological polar surface area (TPSA) is 111 Å². The van der Waals surface area contributed by atoms with Gasteiger partial charge in [0.25, 0.3) is 5.69 Å². The van der Waals surface area contributed by atoms with Gasteiger partial charge in [-0.2, -0.15) is 10.4 Å². The van der Waals surface area contributed by atoms with Gasteiger partial charge in [-0.1, -0.05) is 42.5 Å². The van der Waals surface area contributed by atoms with E-state index in [9.17, 15) is 15.4 Å². The number of para-hydroxylation sites is 1. The van der Waals surface area contributed by atoms with Crippen molar-refractivity contribution in [2.75, 3.05) is 0 Å². The third kappa shape index (κ3) is 3.89. The minimum Gasteiger partial charge on any atom is -0.389 e. The van der Waals surface area contributed by atoms with Gasteiger partial charge >= 0.3 is 0 Å². The molecule has 132 valence electrons. The van der Waals surface area contributed by atoms with Gasteiger partial charge in [0.1, 0.15) is 16.8 Å². The van der Waals surface area contributed by atoms with Crippen LogP contribution >= 0.6 is 12.2 Å². The summed E-state index contributed by atoms with van der Waals surface area (Å²) in [5.41, 5.74) is 8.07. The first kappa shape index (κ1) is 18.0. The summed E-state index contributed by atoms with van der Waals surface area (Å²) in [6.07, 6.45) is 3.25. The van der Waals surface area contributed by atoms with E-state index in [1.54, 1.807) is 23.0 Å². The van der Waals surface area contributed by atoms with Crippen LogP contribution in [0.25, 0.3) is 23.0 Å². The average Bonchev–Trinajstić information content (AvgIpc) is 3.10. The SMILES string of the molecule is N#C/C(=C/c1cn(-c2ccccc2)nc1-c1cccc([N+](=O)[O-])c1)C(N)=S. The molecule has 0 saturated carbocycles. The van der Waals surface area contributed by atoms with Crippen LogP contribution in [0, 0.1) is 21.4 Å². The van der Waals surface area contributed by atoms with E-state index >= 15 is 0 Å². The summed E-state index contributed by atoms with van der Waals surface area (Å²) < 4.78 is 1.63. The summed E-state index contributed by atoms with van der Waals surface area (Å²) in [7, 11) is 0. The summed E-state index contributed by atoms with van der Waals surface area (Å²) in [4.78, 5) is 10.6. The van der Waals surface area contributed by atoms with Crippen LogP contribution in [0.2, 0.25) is 0 Å². The highest BCUT2D eigenvalue weighted by molar-refractivity contribution is 7.80. The van der Waals surface area contributed by atoms with E-state index in [4.69, 9.17) is 18.0 Å². The van der Waals surface area contributed by atoms with Gasteiger partial charge in [-0.15, -0.1) is 0 Å². The Morgan fingerprint density at radius 2 is 2.00 bits per heavy atom. The summed E-state index contributed by atoms with van der Waals surface area (Å²) >= 11 is 4.90. The van der Waals surface area contributed by atoms with Crippen LogP contribution in [0.1, 0.15) is 5.56 Å². The maximum absolute atomic E-state index is 11.1. The highest BCUT2D eigenvalue weighted by Gasteiger charge is 2.15. The summed E-state index contributed by atoms with van der Waals surface area (Å²) in [6.45, 7) is 0. The van der Waals surface area contributed by atoms with Gasteiger partial charge in [-0.05, 0) is 18.2 Å². The van der Waals surface area contributed by atoms with Gasteiger partial charge < -0.3 is 5.73 Å². The Labute approximate surface area is 160 Å². The minimum absolute atomic E-state index is 0.0325. The number of aromatic nitrogens is 2. The van der Waals surface area contributed by atoms with E-state index in [1.807, 2.05) is 36.4 Å². The first-order valence-corrected chi connectivity index (χ1v) is 8.22. The molecule has 2 aromatic carbocycles. The Kier molecular flexibility index (Phi) is 5.06. The van der Waals surface area contributed by atoms with Gasteiger partial charge in [0.15, 0.2) is 0 Å². The van der Waals surface area contributed by atoms with E-state index in [2.05, 4.69) is 5.10 Å². The van der Waals surface area contributed by atoms with Crippen molar-refractivity contribution in [3.63, 3.8) is 0 Å². The predicted octanol–water partition coefficient (Wildman–Crippen LogP) is 3.64. The van der Waals surface area contributed by atoms with Crippen molar-refractivity contribution in [1.29, 1.82) is 5.26 Å². The van der Waals surface area contributed by atoms with Crippen molar-refractivity contribution in [1.82, 2.24) is 9.78 Å². The van der Waals surface area contributed by atoms with Crippen molar-refractivity contribution in [3.8, 4) is 23.0 Å². The quantitative estimate of drug-likeness (QED) is 0.240. The molecule has 0 saturated heterocycles. The monoisotopic (exact) mass is 375 g/mol. The third-order valence-electron chi connectivity index (χ3n) is 3.78. The maximum Gasteiger partial charge on any atom is 0.270 e. The molecular weight excluding hydrogens is 362 g/mol. The number of nitro benzene ring substituents is 1. The highest BCUT2D eigenvalue weighted by Crippen LogP contribution is 2.28. The number of nitrogens with two attached hydrogens (primary N) is 1. The molecule has 7 nitrogen and oxygen atoms in total. The highest BCUT2D eigenvalue weighted by atomic mass is 32.1. The number of hydrogen-bond acceptors (Lipinski definition) is 5. The maximum atomic E-state index is 11.1. The number of hydrogen-bond donors (Lipinski definition) is 1. The third-order valence-corrected chi connectivity index (χ3v) is 4.00. The first-order chi connectivity index (χ1) is 13.0. The molecule has 27 heavy (non-hydrogen) atoms. The molecule has 8 heteroatoms. The van der Waals surface area contributed by atoms with Crippen LogP contribution in [0.5, 0.6) is 0 Å². The fraction of sp³-hybridized carbons (Fsp3) is 0. The number of nitriles is 1. The number of thiocarbonyl (C=S) groups is 1. The van der Waals surface area contributed by atoms with E-state index in [0.29, 0.717) is 16.8 Å². The molecule has 3 rings (SSSR count). The van der Waals surface area contributed by atoms with Crippen molar-refractivity contribution in [2.24, 2.45) is 5.73 Å². The number of non-ortho nitro benzene ring substituents is 1. The van der Waals surface area contributed by atoms with Crippen LogP contribution in [0.3, 0.4) is 0 Å². The van der Waals surface area contributed by atoms with Crippen LogP contribution in [-0.2, 0) is 0 Å². The second-order valence-corrected chi connectivity index (χ2v) is 5.99. The Morgan fingerprint density at radius 1 is 1.26 bits per heavy atom. The Bertz CT molecular complexity index is 1100. The normalized spacial score (nSPS) is 11.0. The van der Waals surface area contributed by atoms with Crippen LogP contribution in [0.4, 0.5) is 5.69 Å². The Balaban J connectivity index is 2.21. The molecule has 0 spiro atoms. The smallest absolute Gasteiger partial charge is 0.270 e. The molecule has 0 atom stereocenters. The van der Waals surface area contributed by atoms with Gasteiger partial charge in [0.05, 0.1) is 16.2 Å². The second-order valence-electron chi connectivity index (χ2n) is 5.55. The summed E-state index contributed by atoms with van der Waals surface area (Å²) in [5, 5.41) is 24.9. The molecule has 0 amide bonds. The largest absolute Gasteiger partial charge is 0.389 e. The van der Waals surface area contributed by atoms with Crippen molar-refractivity contribution in [2.45, 2.75) is 0 Å². The van der Waals surface area contributed by atoms with Crippen molar-refractivity contribution in [3.05, 3.63) is 82.0 Å². The van der Waals surface area contributed by atoms with Gasteiger partial charge in [-0.25, -0.2) is 4.68 Å². The lowest BCUT2D eigenvalue weighted by molar-refractivity contribution is -0.384. The second kappa shape index (κ2) is 7.59. The Morgan fingerprint density at radius 3 is 2.63 bits per heavy atom. The van der Waals surface area contributed by atoms with E-state index in [0.717, 1.165) is 5.69 Å². The minimum atomic E-state index is -0.469. The average molecular weight is 375 g/mol. The number of nitrogens with zero attached hydrogens (tertiary/aromatic N) is 4. The Hall–Kier alpha value is -3.83. The number of rotatable bonds is 5. The molecule has 0 radical (unpaired) electrons. The predicted molar refractivity (Wildman–Crippen MR) is 106 cm³/mol. The molecule has 3 aromatic rings. The standard InChI is InChI=1S/C19H13N5O2S/c20-11-14(19(21)27)9-15-12-23(16-6-2-1-3-7-16)22-18(15)13-5-4-8-17(10-13)24(25)26/h1-10,12H,(H2,21,27)/b14-9-. The van der Waals surface area contributed by atoms with E-state index in [-0.39, 0.29) is 16.2 Å². The van der Waals surface area contributed by atoms with Crippen LogP contribution in [0.15, 0.2) is 66.4 Å². The fourth-order valence-corrected chi connectivity index (χ4v) is 2.62. The van der Waals surface area contributed by atoms with Gasteiger partial charge in [0, 0.05) is 29.5 Å². The lowest BCUT2D eigenvalue weighted by Crippen LogP contribution is -2.09. The fourth-order valence-electron chi connectivity index (χ4n) is 2.51. The molecule has 0 bridgehead atoms. The zero-order valence-corrected chi connectivity index (χ0v) is 14.8. The van der Waals surface area contributed by atoms with Gasteiger partial charge in [0.2, 0.25) is 0 Å². The molecule has 1 aromatic heterocycles. The number of benzene rings is 2. The molecule has 2 N–H and O–H groups in total. The number of nitro groups is 1. The first-order valence-electron chi connectivity index (χ1n) is 7.81.